The molecule has 7 rings (SSSR count). The average Bonchev–Trinajstić information content (AvgIpc) is 3.86. The number of carbonyl (C=O) groups excluding carboxylic acids is 2. The Bertz CT molecular complexity index is 1900. The topological polar surface area (TPSA) is 71.1 Å². The number of nitrogens with one attached hydrogen (secondary N) is 1. The molecule has 248 valence electrons. The predicted molar refractivity (Wildman–Crippen MR) is 188 cm³/mol. The minimum atomic E-state index is -1.14. The smallest absolute Gasteiger partial charge is 0.299 e. The minimum absolute atomic E-state index is 0.0270. The van der Waals surface area contributed by atoms with Crippen LogP contribution in [0.5, 0.6) is 11.5 Å². The van der Waals surface area contributed by atoms with E-state index in [9.17, 15) is 9.59 Å². The van der Waals surface area contributed by atoms with E-state index < -0.39 is 21.6 Å². The molecule has 0 radical (unpaired) electrons. The van der Waals surface area contributed by atoms with Crippen LogP contribution in [0.1, 0.15) is 45.5 Å². The summed E-state index contributed by atoms with van der Waals surface area (Å²) in [6.45, 7) is 8.07. The van der Waals surface area contributed by atoms with Gasteiger partial charge in [-0.15, -0.1) is 0 Å². The maximum absolute atomic E-state index is 12.7. The molecule has 2 aliphatic rings. The number of hydrogen-bond donors (Lipinski definition) is 1. The zero-order valence-corrected chi connectivity index (χ0v) is 30.0. The summed E-state index contributed by atoms with van der Waals surface area (Å²) in [4.78, 5) is 30.1. The Hall–Kier alpha value is -3.93. The van der Waals surface area contributed by atoms with Crippen LogP contribution in [-0.4, -0.2) is 59.0 Å². The molecule has 48 heavy (non-hydrogen) atoms. The standard InChI is InChI=1S/C39H39IN3O4S/c1-27-23-28(9-10-31(27)26-42-18-5-6-19-42)24-35-34-16-15-33(47-40-38(44)30-7-3-2-4-8-30)25-36(34)48-37(35)29-11-13-32(14-12-29)46-22-21-43-20-17-41-39(43)45/h2-4,7-16,23,25H,5-6,17-22,24,26H2,1H3,(H,41,45)/q-1. The molecule has 1 aromatic heterocycles. The SMILES string of the molecule is Cc1cc(Cc2c(-c3ccc(OCCN4CCNC4=O)cc3)sc3cc(O[I-]C(=O)c4ccccc4)ccc23)ccc1CN1CCCC1. The first-order chi connectivity index (χ1) is 23.5. The Morgan fingerprint density at radius 2 is 1.71 bits per heavy atom. The van der Waals surface area contributed by atoms with Crippen LogP contribution in [0.4, 0.5) is 4.79 Å². The van der Waals surface area contributed by atoms with Crippen molar-refractivity contribution >= 4 is 31.2 Å². The number of likely N-dealkylation sites (tertiary alicyclic amines) is 1. The molecule has 0 unspecified atom stereocenters. The number of ether oxygens (including phenoxy) is 1. The first-order valence-electron chi connectivity index (χ1n) is 16.5. The fraction of sp³-hybridized carbons (Fsp3) is 0.282. The number of benzene rings is 4. The molecule has 0 saturated carbocycles. The molecule has 7 nitrogen and oxygen atoms in total. The Kier molecular flexibility index (Phi) is 10.3. The summed E-state index contributed by atoms with van der Waals surface area (Å²) in [7, 11) is 0. The molecule has 1 N–H and O–H groups in total. The van der Waals surface area contributed by atoms with E-state index in [1.807, 2.05) is 48.5 Å². The average molecular weight is 773 g/mol. The minimum Gasteiger partial charge on any atom is -0.299 e. The molecular formula is C39H39IN3O4S-. The maximum atomic E-state index is 12.7. The van der Waals surface area contributed by atoms with Gasteiger partial charge in [-0.25, -0.2) is 4.79 Å². The first-order valence-corrected chi connectivity index (χ1v) is 19.3. The van der Waals surface area contributed by atoms with Crippen LogP contribution in [0, 0.1) is 6.92 Å². The van der Waals surface area contributed by atoms with Gasteiger partial charge in [0, 0.05) is 13.1 Å². The third-order valence-corrected chi connectivity index (χ3v) is 12.0. The van der Waals surface area contributed by atoms with Crippen LogP contribution in [0.2, 0.25) is 0 Å². The van der Waals surface area contributed by atoms with Gasteiger partial charge in [-0.05, 0) is 25.9 Å². The molecule has 0 bridgehead atoms. The predicted octanol–water partition coefficient (Wildman–Crippen LogP) is 4.69. The number of amides is 2. The Morgan fingerprint density at radius 3 is 2.46 bits per heavy atom. The van der Waals surface area contributed by atoms with Crippen LogP contribution >= 0.6 is 11.3 Å². The van der Waals surface area contributed by atoms with Crippen molar-refractivity contribution in [2.75, 3.05) is 39.3 Å². The van der Waals surface area contributed by atoms with E-state index in [4.69, 9.17) is 7.80 Å². The quantitative estimate of drug-likeness (QED) is 0.139. The van der Waals surface area contributed by atoms with Crippen molar-refractivity contribution in [2.24, 2.45) is 0 Å². The van der Waals surface area contributed by atoms with Gasteiger partial charge in [0.2, 0.25) is 0 Å². The monoisotopic (exact) mass is 772 g/mol. The summed E-state index contributed by atoms with van der Waals surface area (Å²) in [6, 6.07) is 30.8. The van der Waals surface area contributed by atoms with Crippen LogP contribution in [-0.2, 0) is 13.0 Å². The summed E-state index contributed by atoms with van der Waals surface area (Å²) >= 11 is 0.616. The van der Waals surface area contributed by atoms with Crippen LogP contribution in [0.3, 0.4) is 0 Å². The van der Waals surface area contributed by atoms with Gasteiger partial charge < -0.3 is 10.2 Å². The van der Waals surface area contributed by atoms with E-state index in [-0.39, 0.29) is 9.82 Å². The fourth-order valence-corrected chi connectivity index (χ4v) is 9.01. The van der Waals surface area contributed by atoms with E-state index in [1.54, 1.807) is 16.2 Å². The van der Waals surface area contributed by atoms with E-state index in [2.05, 4.69) is 59.6 Å². The van der Waals surface area contributed by atoms with E-state index in [0.717, 1.165) is 34.7 Å². The zero-order valence-electron chi connectivity index (χ0n) is 27.0. The Labute approximate surface area is 296 Å². The van der Waals surface area contributed by atoms with Crippen molar-refractivity contribution in [3.05, 3.63) is 119 Å². The number of halogens is 1. The molecule has 2 saturated heterocycles. The molecule has 0 spiro atoms. The summed E-state index contributed by atoms with van der Waals surface area (Å²) < 4.78 is 13.3. The van der Waals surface area contributed by atoms with Gasteiger partial charge in [0.15, 0.2) is 0 Å². The molecule has 2 amide bonds. The normalized spacial score (nSPS) is 14.9. The molecular weight excluding hydrogens is 733 g/mol. The number of fused-ring (bicyclic) bond motifs is 1. The number of carbonyl (C=O) groups is 2. The molecule has 9 heteroatoms. The molecule has 0 atom stereocenters. The second-order valence-corrected chi connectivity index (χ2v) is 15.3. The van der Waals surface area contributed by atoms with Gasteiger partial charge in [-0.3, -0.25) is 4.90 Å². The van der Waals surface area contributed by atoms with Crippen molar-refractivity contribution < 1.29 is 39.0 Å². The molecule has 3 heterocycles. The van der Waals surface area contributed by atoms with Gasteiger partial charge in [-0.1, -0.05) is 0 Å². The molecule has 5 aromatic rings. The summed E-state index contributed by atoms with van der Waals surface area (Å²) in [6.07, 6.45) is 3.41. The van der Waals surface area contributed by atoms with Crippen molar-refractivity contribution in [2.45, 2.75) is 32.7 Å². The van der Waals surface area contributed by atoms with Crippen LogP contribution < -0.4 is 34.7 Å². The van der Waals surface area contributed by atoms with E-state index >= 15 is 0 Å². The number of nitrogens with zero attached hydrogens (tertiary/aromatic N) is 2. The second-order valence-electron chi connectivity index (χ2n) is 12.4. The van der Waals surface area contributed by atoms with E-state index in [1.165, 1.54) is 58.4 Å². The number of urea groups is 1. The van der Waals surface area contributed by atoms with Crippen molar-refractivity contribution in [3.8, 4) is 21.9 Å². The van der Waals surface area contributed by atoms with Crippen LogP contribution in [0.15, 0.2) is 91.0 Å². The van der Waals surface area contributed by atoms with Crippen LogP contribution in [0.25, 0.3) is 20.5 Å². The number of hydrogen-bond acceptors (Lipinski definition) is 6. The molecule has 2 aliphatic heterocycles. The summed E-state index contributed by atoms with van der Waals surface area (Å²) in [5.41, 5.74) is 7.17. The molecule has 4 aromatic carbocycles. The summed E-state index contributed by atoms with van der Waals surface area (Å²) in [5, 5.41) is 4.04. The first kappa shape index (κ1) is 32.6. The molecule has 0 aliphatic carbocycles. The van der Waals surface area contributed by atoms with E-state index in [0.29, 0.717) is 31.8 Å². The van der Waals surface area contributed by atoms with Crippen molar-refractivity contribution in [3.63, 3.8) is 0 Å². The number of rotatable bonds is 13. The third kappa shape index (κ3) is 7.69. The Balaban J connectivity index is 1.13. The van der Waals surface area contributed by atoms with Gasteiger partial charge in [0.05, 0.1) is 6.54 Å². The second kappa shape index (κ2) is 15.1. The fourth-order valence-electron chi connectivity index (χ4n) is 6.41. The molecule has 2 fully saturated rings. The van der Waals surface area contributed by atoms with Gasteiger partial charge in [0.25, 0.3) is 0 Å². The van der Waals surface area contributed by atoms with Gasteiger partial charge in [0.1, 0.15) is 0 Å². The third-order valence-electron chi connectivity index (χ3n) is 9.03. The Morgan fingerprint density at radius 1 is 0.917 bits per heavy atom. The van der Waals surface area contributed by atoms with Crippen molar-refractivity contribution in [1.82, 2.24) is 15.1 Å². The van der Waals surface area contributed by atoms with Gasteiger partial charge >= 0.3 is 233 Å². The van der Waals surface area contributed by atoms with Crippen molar-refractivity contribution in [1.29, 1.82) is 0 Å². The zero-order chi connectivity index (χ0) is 32.9. The van der Waals surface area contributed by atoms with Gasteiger partial charge in [-0.2, -0.15) is 0 Å². The number of aryl methyl sites for hydroxylation is 1. The number of thiophene rings is 1. The summed E-state index contributed by atoms with van der Waals surface area (Å²) in [5.74, 6) is 1.52.